The molecule has 3 unspecified atom stereocenters. The quantitative estimate of drug-likeness (QED) is 0.114. The molecule has 0 bridgehead atoms. The number of anilines is 3. The fourth-order valence-corrected chi connectivity index (χ4v) is 11.6. The standard InChI is InChI=1S/C48H56N12O7/c1-27-33-25-53-47(56-41(33)59(29-7-3-4-8-29)44(65)38(27)28(2)61)55-40-31(10-6-16-52-40)36-26-51-20-22-58(36)46(67)48(14-17-49-18-15-48)23-30-24-50-19-21-57(30)34-11-5-9-32-39(34)45(66)60(43(32)64)35-12-13-37(62)54-42(35)63/h5-6,9-11,16,25,29-30,35-36,49-51H,3-4,7-8,12-15,17-24,26H2,1-2H3,(H,54,62,63)(H,52,53,55,56). The average molecular weight is 913 g/mol. The molecule has 5 amide bonds. The molecule has 6 aliphatic rings. The van der Waals surface area contributed by atoms with Gasteiger partial charge in [0, 0.05) is 81.1 Å². The van der Waals surface area contributed by atoms with Crippen LogP contribution in [0.4, 0.5) is 17.5 Å². The number of imide groups is 2. The summed E-state index contributed by atoms with van der Waals surface area (Å²) in [4.78, 5) is 115. The Morgan fingerprint density at radius 3 is 2.42 bits per heavy atom. The molecule has 3 aromatic heterocycles. The van der Waals surface area contributed by atoms with Crippen molar-refractivity contribution < 1.29 is 28.8 Å². The van der Waals surface area contributed by atoms with Crippen LogP contribution in [0.5, 0.6) is 0 Å². The summed E-state index contributed by atoms with van der Waals surface area (Å²) in [6.45, 7) is 7.70. The van der Waals surface area contributed by atoms with Crippen LogP contribution in [0.1, 0.15) is 119 Å². The van der Waals surface area contributed by atoms with Crippen molar-refractivity contribution >= 4 is 63.8 Å². The minimum atomic E-state index is -1.08. The molecule has 1 aliphatic carbocycles. The number of hydrogen-bond donors (Lipinski definition) is 5. The molecule has 1 aromatic carbocycles. The van der Waals surface area contributed by atoms with Crippen LogP contribution in [0, 0.1) is 12.3 Å². The summed E-state index contributed by atoms with van der Waals surface area (Å²) in [5.41, 5.74) is 1.89. The summed E-state index contributed by atoms with van der Waals surface area (Å²) in [7, 11) is 0. The number of nitrogens with zero attached hydrogens (tertiary/aromatic N) is 7. The number of benzene rings is 1. The van der Waals surface area contributed by atoms with Crippen molar-refractivity contribution in [2.45, 2.75) is 95.8 Å². The van der Waals surface area contributed by atoms with Crippen molar-refractivity contribution in [2.24, 2.45) is 5.41 Å². The van der Waals surface area contributed by atoms with Gasteiger partial charge in [-0.2, -0.15) is 4.98 Å². The highest BCUT2D eigenvalue weighted by atomic mass is 16.2. The van der Waals surface area contributed by atoms with Gasteiger partial charge in [0.2, 0.25) is 23.7 Å². The predicted octanol–water partition coefficient (Wildman–Crippen LogP) is 2.67. The number of pyridine rings is 2. The summed E-state index contributed by atoms with van der Waals surface area (Å²) in [5.74, 6) is -1.75. The minimum absolute atomic E-state index is 0.0297. The Hall–Kier alpha value is -6.44. The second kappa shape index (κ2) is 18.0. The van der Waals surface area contributed by atoms with Crippen molar-refractivity contribution in [3.05, 3.63) is 80.9 Å². The second-order valence-corrected chi connectivity index (χ2v) is 18.8. The first kappa shape index (κ1) is 44.4. The van der Waals surface area contributed by atoms with Crippen LogP contribution in [0.3, 0.4) is 0 Å². The van der Waals surface area contributed by atoms with Crippen LogP contribution >= 0.6 is 0 Å². The van der Waals surface area contributed by atoms with E-state index in [1.807, 2.05) is 23.1 Å². The summed E-state index contributed by atoms with van der Waals surface area (Å²) >= 11 is 0. The lowest BCUT2D eigenvalue weighted by Crippen LogP contribution is -2.59. The van der Waals surface area contributed by atoms with Crippen molar-refractivity contribution in [3.63, 3.8) is 0 Å². The molecule has 5 aliphatic heterocycles. The molecule has 8 heterocycles. The minimum Gasteiger partial charge on any atom is -0.365 e. The first-order valence-corrected chi connectivity index (χ1v) is 23.6. The largest absolute Gasteiger partial charge is 0.365 e. The molecule has 3 atom stereocenters. The van der Waals surface area contributed by atoms with E-state index >= 15 is 4.79 Å². The van der Waals surface area contributed by atoms with Gasteiger partial charge in [-0.25, -0.2) is 9.97 Å². The van der Waals surface area contributed by atoms with E-state index in [4.69, 9.17) is 9.97 Å². The number of rotatable bonds is 10. The summed E-state index contributed by atoms with van der Waals surface area (Å²) in [6, 6.07) is 7.21. The molecule has 67 heavy (non-hydrogen) atoms. The highest BCUT2D eigenvalue weighted by Gasteiger charge is 2.50. The normalized spacial score (nSPS) is 23.4. The first-order chi connectivity index (χ1) is 32.5. The fraction of sp³-hybridized carbons (Fsp3) is 0.500. The van der Waals surface area contributed by atoms with Crippen LogP contribution < -0.4 is 37.0 Å². The molecular formula is C48H56N12O7. The fourth-order valence-electron chi connectivity index (χ4n) is 11.6. The van der Waals surface area contributed by atoms with E-state index in [0.29, 0.717) is 99.7 Å². The van der Waals surface area contributed by atoms with Gasteiger partial charge >= 0.3 is 0 Å². The molecular weight excluding hydrogens is 857 g/mol. The van der Waals surface area contributed by atoms with Crippen LogP contribution in [-0.4, -0.2) is 129 Å². The molecule has 19 nitrogen and oxygen atoms in total. The molecule has 4 aromatic rings. The number of Topliss-reactive ketones (excluding diaryl/α,β-unsaturated/α-hetero) is 1. The molecule has 0 radical (unpaired) electrons. The number of carbonyl (C=O) groups is 6. The van der Waals surface area contributed by atoms with E-state index < -0.39 is 41.1 Å². The molecule has 4 saturated heterocycles. The monoisotopic (exact) mass is 912 g/mol. The van der Waals surface area contributed by atoms with Gasteiger partial charge in [0.05, 0.1) is 33.8 Å². The number of ketones is 1. The molecule has 5 N–H and O–H groups in total. The average Bonchev–Trinajstić information content (AvgIpc) is 3.95. The molecule has 0 spiro atoms. The van der Waals surface area contributed by atoms with Gasteiger partial charge in [0.15, 0.2) is 5.78 Å². The number of aromatic nitrogens is 4. The highest BCUT2D eigenvalue weighted by molar-refractivity contribution is 6.25. The molecule has 19 heteroatoms. The van der Waals surface area contributed by atoms with E-state index in [9.17, 15) is 28.8 Å². The Balaban J connectivity index is 0.950. The van der Waals surface area contributed by atoms with Crippen LogP contribution in [-0.2, 0) is 14.4 Å². The summed E-state index contributed by atoms with van der Waals surface area (Å²) < 4.78 is 1.68. The van der Waals surface area contributed by atoms with Gasteiger partial charge in [-0.3, -0.25) is 48.3 Å². The molecule has 5 fully saturated rings. The third-order valence-electron chi connectivity index (χ3n) is 14.9. The zero-order valence-electron chi connectivity index (χ0n) is 37.9. The number of amides is 5. The van der Waals surface area contributed by atoms with E-state index in [1.54, 1.807) is 36.0 Å². The van der Waals surface area contributed by atoms with Crippen molar-refractivity contribution in [1.29, 1.82) is 0 Å². The number of hydrogen-bond acceptors (Lipinski definition) is 15. The van der Waals surface area contributed by atoms with Crippen molar-refractivity contribution in [1.82, 2.24) is 50.6 Å². The number of piperazine rings is 2. The SMILES string of the molecule is CC(=O)c1c(C)c2cnc(Nc3ncccc3C3CNCCN3C(=O)C3(CC4CNCCN4c4cccc5c4C(=O)N(C4CCC(=O)NC4=O)C5=O)CCNCC3)nc2n(C2CCCC2)c1=O. The summed E-state index contributed by atoms with van der Waals surface area (Å²) in [5, 5.41) is 16.8. The summed E-state index contributed by atoms with van der Waals surface area (Å²) in [6.07, 6.45) is 8.71. The van der Waals surface area contributed by atoms with Crippen molar-refractivity contribution in [3.8, 4) is 0 Å². The Morgan fingerprint density at radius 1 is 0.866 bits per heavy atom. The topological polar surface area (TPSA) is 233 Å². The highest BCUT2D eigenvalue weighted by Crippen LogP contribution is 2.43. The van der Waals surface area contributed by atoms with Crippen LogP contribution in [0.15, 0.2) is 47.5 Å². The van der Waals surface area contributed by atoms with Crippen LogP contribution in [0.25, 0.3) is 11.0 Å². The van der Waals surface area contributed by atoms with E-state index in [2.05, 4.69) is 36.5 Å². The number of aryl methyl sites for hydroxylation is 1. The Bertz CT molecular complexity index is 2760. The second-order valence-electron chi connectivity index (χ2n) is 18.8. The zero-order chi connectivity index (χ0) is 46.6. The maximum Gasteiger partial charge on any atom is 0.264 e. The third-order valence-corrected chi connectivity index (χ3v) is 14.9. The van der Waals surface area contributed by atoms with Crippen molar-refractivity contribution in [2.75, 3.05) is 62.6 Å². The number of nitrogens with one attached hydrogen (secondary N) is 5. The molecule has 10 rings (SSSR count). The van der Waals surface area contributed by atoms with E-state index in [-0.39, 0.29) is 64.8 Å². The third kappa shape index (κ3) is 7.85. The van der Waals surface area contributed by atoms with Gasteiger partial charge in [-0.1, -0.05) is 25.0 Å². The van der Waals surface area contributed by atoms with Gasteiger partial charge in [-0.15, -0.1) is 0 Å². The predicted molar refractivity (Wildman–Crippen MR) is 247 cm³/mol. The lowest BCUT2D eigenvalue weighted by Gasteiger charge is -2.48. The van der Waals surface area contributed by atoms with Gasteiger partial charge in [0.1, 0.15) is 17.5 Å². The Labute approximate surface area is 386 Å². The van der Waals surface area contributed by atoms with E-state index in [1.165, 1.54) is 6.92 Å². The lowest BCUT2D eigenvalue weighted by atomic mass is 9.71. The molecule has 350 valence electrons. The maximum absolute atomic E-state index is 15.6. The van der Waals surface area contributed by atoms with Gasteiger partial charge < -0.3 is 31.1 Å². The maximum atomic E-state index is 15.6. The lowest BCUT2D eigenvalue weighted by molar-refractivity contribution is -0.148. The Morgan fingerprint density at radius 2 is 1.64 bits per heavy atom. The first-order valence-electron chi connectivity index (χ1n) is 23.6. The number of piperidine rings is 2. The Kier molecular flexibility index (Phi) is 11.9. The van der Waals surface area contributed by atoms with Gasteiger partial charge in [0.25, 0.3) is 17.4 Å². The molecule has 1 saturated carbocycles. The number of fused-ring (bicyclic) bond motifs is 2. The van der Waals surface area contributed by atoms with Crippen LogP contribution in [0.2, 0.25) is 0 Å². The van der Waals surface area contributed by atoms with E-state index in [0.717, 1.165) is 36.1 Å². The smallest absolute Gasteiger partial charge is 0.264 e. The van der Waals surface area contributed by atoms with Gasteiger partial charge in [-0.05, 0) is 89.2 Å². The number of carbonyl (C=O) groups excluding carboxylic acids is 6. The zero-order valence-corrected chi connectivity index (χ0v) is 37.9.